The molecule has 0 bridgehead atoms. The third-order valence-corrected chi connectivity index (χ3v) is 4.00. The van der Waals surface area contributed by atoms with E-state index in [0.29, 0.717) is 18.1 Å². The number of thiazole rings is 1. The number of rotatable bonds is 6. The van der Waals surface area contributed by atoms with Crippen LogP contribution in [0.4, 0.5) is 4.39 Å². The first-order chi connectivity index (χ1) is 11.1. The smallest absolute Gasteiger partial charge is 0.191 e. The van der Waals surface area contributed by atoms with E-state index in [0.717, 1.165) is 16.4 Å². The molecule has 2 rings (SSSR count). The first-order valence-electron chi connectivity index (χ1n) is 7.45. The van der Waals surface area contributed by atoms with E-state index in [9.17, 15) is 9.50 Å². The topological polar surface area (TPSA) is 69.5 Å². The molecule has 8 heteroatoms. The predicted octanol–water partition coefficient (Wildman–Crippen LogP) is 3.00. The summed E-state index contributed by atoms with van der Waals surface area (Å²) in [6.07, 6.45) is 1.09. The van der Waals surface area contributed by atoms with E-state index >= 15 is 0 Å². The van der Waals surface area contributed by atoms with Crippen molar-refractivity contribution < 1.29 is 9.50 Å². The zero-order chi connectivity index (χ0) is 16.7. The van der Waals surface area contributed by atoms with Gasteiger partial charge in [-0.3, -0.25) is 0 Å². The molecule has 3 N–H and O–H groups in total. The van der Waals surface area contributed by atoms with Gasteiger partial charge in [0, 0.05) is 24.2 Å². The largest absolute Gasteiger partial charge is 0.387 e. The number of aliphatic hydroxyl groups excluding tert-OH is 1. The molecule has 0 fully saturated rings. The number of guanidine groups is 1. The van der Waals surface area contributed by atoms with Gasteiger partial charge in [-0.1, -0.05) is 12.1 Å². The molecule has 2 aromatic rings. The highest BCUT2D eigenvalue weighted by molar-refractivity contribution is 14.0. The van der Waals surface area contributed by atoms with Crippen molar-refractivity contribution in [3.8, 4) is 0 Å². The minimum atomic E-state index is -0.735. The summed E-state index contributed by atoms with van der Waals surface area (Å²) in [6.45, 7) is 5.47. The van der Waals surface area contributed by atoms with Crippen molar-refractivity contribution in [2.75, 3.05) is 13.1 Å². The Bertz CT molecular complexity index is 648. The summed E-state index contributed by atoms with van der Waals surface area (Å²) in [5.41, 5.74) is 0.658. The predicted molar refractivity (Wildman–Crippen MR) is 106 cm³/mol. The molecular weight excluding hydrogens is 442 g/mol. The highest BCUT2D eigenvalue weighted by atomic mass is 127. The van der Waals surface area contributed by atoms with Crippen LogP contribution in [0.1, 0.15) is 28.5 Å². The van der Waals surface area contributed by atoms with Gasteiger partial charge in [-0.15, -0.1) is 35.3 Å². The van der Waals surface area contributed by atoms with Crippen LogP contribution in [-0.4, -0.2) is 29.1 Å². The van der Waals surface area contributed by atoms with Gasteiger partial charge >= 0.3 is 0 Å². The first kappa shape index (κ1) is 20.8. The number of aliphatic hydroxyl groups is 1. The van der Waals surface area contributed by atoms with Crippen molar-refractivity contribution in [1.82, 2.24) is 15.6 Å². The van der Waals surface area contributed by atoms with Crippen LogP contribution in [0.25, 0.3) is 0 Å². The van der Waals surface area contributed by atoms with Crippen LogP contribution in [-0.2, 0) is 6.54 Å². The highest BCUT2D eigenvalue weighted by Crippen LogP contribution is 2.13. The second-order valence-corrected chi connectivity index (χ2v) is 6.33. The highest BCUT2D eigenvalue weighted by Gasteiger charge is 2.09. The molecule has 0 saturated carbocycles. The van der Waals surface area contributed by atoms with Gasteiger partial charge in [-0.2, -0.15) is 0 Å². The Morgan fingerprint density at radius 3 is 2.62 bits per heavy atom. The van der Waals surface area contributed by atoms with E-state index in [1.54, 1.807) is 23.5 Å². The SMILES string of the molecule is CCNC(=NCc1ncc(C)s1)NCC(O)c1ccc(F)cc1.I. The normalized spacial score (nSPS) is 12.4. The molecule has 0 aliphatic carbocycles. The summed E-state index contributed by atoms with van der Waals surface area (Å²) in [4.78, 5) is 9.87. The Hall–Kier alpha value is -1.26. The molecule has 0 aliphatic heterocycles. The molecule has 24 heavy (non-hydrogen) atoms. The van der Waals surface area contributed by atoms with E-state index in [4.69, 9.17) is 0 Å². The zero-order valence-electron chi connectivity index (χ0n) is 13.6. The Morgan fingerprint density at radius 2 is 2.04 bits per heavy atom. The summed E-state index contributed by atoms with van der Waals surface area (Å²) in [7, 11) is 0. The number of nitrogens with zero attached hydrogens (tertiary/aromatic N) is 2. The summed E-state index contributed by atoms with van der Waals surface area (Å²) in [5, 5.41) is 17.3. The molecular formula is C16H22FIN4OS. The number of aryl methyl sites for hydroxylation is 1. The Balaban J connectivity index is 0.00000288. The van der Waals surface area contributed by atoms with Crippen LogP contribution >= 0.6 is 35.3 Å². The summed E-state index contributed by atoms with van der Waals surface area (Å²) in [5.74, 6) is 0.295. The van der Waals surface area contributed by atoms with E-state index < -0.39 is 6.10 Å². The molecule has 5 nitrogen and oxygen atoms in total. The lowest BCUT2D eigenvalue weighted by Crippen LogP contribution is -2.39. The van der Waals surface area contributed by atoms with Gasteiger partial charge in [0.2, 0.25) is 0 Å². The number of halogens is 2. The molecule has 1 unspecified atom stereocenters. The minimum Gasteiger partial charge on any atom is -0.387 e. The number of hydrogen-bond donors (Lipinski definition) is 3. The fourth-order valence-electron chi connectivity index (χ4n) is 1.96. The van der Waals surface area contributed by atoms with Crippen LogP contribution in [0, 0.1) is 12.7 Å². The number of aromatic nitrogens is 1. The van der Waals surface area contributed by atoms with Gasteiger partial charge in [-0.05, 0) is 31.5 Å². The van der Waals surface area contributed by atoms with E-state index in [2.05, 4.69) is 20.6 Å². The Morgan fingerprint density at radius 1 is 1.33 bits per heavy atom. The van der Waals surface area contributed by atoms with Crippen molar-refractivity contribution in [3.05, 3.63) is 51.7 Å². The summed E-state index contributed by atoms with van der Waals surface area (Å²) >= 11 is 1.61. The van der Waals surface area contributed by atoms with Crippen LogP contribution in [0.5, 0.6) is 0 Å². The number of aliphatic imine (C=N–C) groups is 1. The third-order valence-electron chi connectivity index (χ3n) is 3.10. The van der Waals surface area contributed by atoms with E-state index in [1.807, 2.05) is 20.0 Å². The van der Waals surface area contributed by atoms with Crippen molar-refractivity contribution in [1.29, 1.82) is 0 Å². The monoisotopic (exact) mass is 464 g/mol. The number of benzene rings is 1. The maximum Gasteiger partial charge on any atom is 0.191 e. The van der Waals surface area contributed by atoms with Gasteiger partial charge < -0.3 is 15.7 Å². The van der Waals surface area contributed by atoms with Crippen LogP contribution in [0.3, 0.4) is 0 Å². The summed E-state index contributed by atoms with van der Waals surface area (Å²) in [6, 6.07) is 5.82. The van der Waals surface area contributed by atoms with Gasteiger partial charge in [0.05, 0.1) is 12.6 Å². The average Bonchev–Trinajstić information content (AvgIpc) is 2.96. The maximum absolute atomic E-state index is 12.9. The van der Waals surface area contributed by atoms with Gasteiger partial charge in [0.15, 0.2) is 5.96 Å². The first-order valence-corrected chi connectivity index (χ1v) is 8.27. The number of hydrogen-bond acceptors (Lipinski definition) is 4. The van der Waals surface area contributed by atoms with Gasteiger partial charge in [0.25, 0.3) is 0 Å². The molecule has 0 radical (unpaired) electrons. The maximum atomic E-state index is 12.9. The van der Waals surface area contributed by atoms with E-state index in [1.165, 1.54) is 12.1 Å². The van der Waals surface area contributed by atoms with Crippen LogP contribution in [0.2, 0.25) is 0 Å². The molecule has 1 heterocycles. The molecule has 0 amide bonds. The van der Waals surface area contributed by atoms with Crippen molar-refractivity contribution >= 4 is 41.3 Å². The molecule has 132 valence electrons. The summed E-state index contributed by atoms with van der Waals surface area (Å²) < 4.78 is 12.9. The lowest BCUT2D eigenvalue weighted by atomic mass is 10.1. The number of nitrogens with one attached hydrogen (secondary N) is 2. The quantitative estimate of drug-likeness (QED) is 0.350. The Labute approximate surface area is 162 Å². The molecule has 1 atom stereocenters. The molecule has 0 saturated heterocycles. The minimum absolute atomic E-state index is 0. The fourth-order valence-corrected chi connectivity index (χ4v) is 2.67. The standard InChI is InChI=1S/C16H21FN4OS.HI/c1-3-18-16(21-10-15-19-8-11(2)23-15)20-9-14(22)12-4-6-13(17)7-5-12;/h4-8,14,22H,3,9-10H2,1-2H3,(H2,18,20,21);1H. The molecule has 1 aromatic heterocycles. The average molecular weight is 464 g/mol. The van der Waals surface area contributed by atoms with Gasteiger partial charge in [-0.25, -0.2) is 14.4 Å². The molecule has 0 aliphatic rings. The van der Waals surface area contributed by atoms with Crippen molar-refractivity contribution in [2.45, 2.75) is 26.5 Å². The zero-order valence-corrected chi connectivity index (χ0v) is 16.8. The Kier molecular flexibility index (Phi) is 9.16. The lowest BCUT2D eigenvalue weighted by Gasteiger charge is -2.15. The second-order valence-electron chi connectivity index (χ2n) is 5.01. The van der Waals surface area contributed by atoms with E-state index in [-0.39, 0.29) is 36.3 Å². The van der Waals surface area contributed by atoms with Crippen LogP contribution < -0.4 is 10.6 Å². The van der Waals surface area contributed by atoms with Crippen molar-refractivity contribution in [3.63, 3.8) is 0 Å². The van der Waals surface area contributed by atoms with Crippen molar-refractivity contribution in [2.24, 2.45) is 4.99 Å². The lowest BCUT2D eigenvalue weighted by molar-refractivity contribution is 0.180. The van der Waals surface area contributed by atoms with Crippen LogP contribution in [0.15, 0.2) is 35.5 Å². The second kappa shape index (κ2) is 10.6. The fraction of sp³-hybridized carbons (Fsp3) is 0.375. The van der Waals surface area contributed by atoms with Gasteiger partial charge in [0.1, 0.15) is 10.8 Å². The molecule has 1 aromatic carbocycles. The third kappa shape index (κ3) is 6.70. The molecule has 0 spiro atoms.